The van der Waals surface area contributed by atoms with Crippen molar-refractivity contribution in [2.75, 3.05) is 13.1 Å². The van der Waals surface area contributed by atoms with E-state index >= 15 is 0 Å². The number of alkyl halides is 3. The fourth-order valence-electron chi connectivity index (χ4n) is 1.82. The van der Waals surface area contributed by atoms with Crippen molar-refractivity contribution < 1.29 is 13.2 Å². The Morgan fingerprint density at radius 2 is 1.57 bits per heavy atom. The van der Waals surface area contributed by atoms with Crippen LogP contribution >= 0.6 is 0 Å². The maximum Gasteiger partial charge on any atom is 0.394 e. The van der Waals surface area contributed by atoms with E-state index in [4.69, 9.17) is 0 Å². The lowest BCUT2D eigenvalue weighted by molar-refractivity contribution is -0.231. The average molecular weight is 209 g/mol. The first kappa shape index (κ1) is 11.8. The topological polar surface area (TPSA) is 3.24 Å². The van der Waals surface area contributed by atoms with Crippen LogP contribution in [-0.4, -0.2) is 30.2 Å². The van der Waals surface area contributed by atoms with Gasteiger partial charge in [0.2, 0.25) is 0 Å². The van der Waals surface area contributed by atoms with E-state index < -0.39 is 11.6 Å². The van der Waals surface area contributed by atoms with E-state index in [0.29, 0.717) is 19.1 Å². The van der Waals surface area contributed by atoms with Crippen LogP contribution in [0.3, 0.4) is 0 Å². The fraction of sp³-hybridized carbons (Fsp3) is 1.00. The summed E-state index contributed by atoms with van der Waals surface area (Å²) in [5.74, 6) is 0. The molecule has 1 aliphatic rings. The number of hydrogen-bond donors (Lipinski definition) is 0. The number of rotatable bonds is 1. The van der Waals surface area contributed by atoms with Gasteiger partial charge in [0.05, 0.1) is 5.41 Å². The maximum atomic E-state index is 12.6. The van der Waals surface area contributed by atoms with Gasteiger partial charge in [-0.2, -0.15) is 13.2 Å². The Balaban J connectivity index is 2.58. The first-order valence-electron chi connectivity index (χ1n) is 5.07. The highest BCUT2D eigenvalue weighted by molar-refractivity contribution is 4.88. The molecule has 0 radical (unpaired) electrons. The van der Waals surface area contributed by atoms with Gasteiger partial charge in [-0.3, -0.25) is 0 Å². The van der Waals surface area contributed by atoms with Gasteiger partial charge in [-0.15, -0.1) is 0 Å². The average Bonchev–Trinajstić information content (AvgIpc) is 2.03. The summed E-state index contributed by atoms with van der Waals surface area (Å²) in [7, 11) is 0. The molecule has 1 fully saturated rings. The van der Waals surface area contributed by atoms with E-state index in [2.05, 4.69) is 4.90 Å². The van der Waals surface area contributed by atoms with Crippen LogP contribution in [0, 0.1) is 5.41 Å². The molecule has 0 atom stereocenters. The van der Waals surface area contributed by atoms with Gasteiger partial charge >= 0.3 is 6.18 Å². The van der Waals surface area contributed by atoms with E-state index in [9.17, 15) is 13.2 Å². The van der Waals surface area contributed by atoms with Crippen molar-refractivity contribution in [2.45, 2.75) is 45.8 Å². The lowest BCUT2D eigenvalue weighted by atomic mass is 9.79. The second kappa shape index (κ2) is 3.72. The standard InChI is InChI=1S/C10H18F3N/c1-8(2)14-6-4-9(3,5-7-14)10(11,12)13/h8H,4-7H2,1-3H3. The zero-order chi connectivity index (χ0) is 11.0. The van der Waals surface area contributed by atoms with E-state index in [1.165, 1.54) is 6.92 Å². The zero-order valence-electron chi connectivity index (χ0n) is 8.99. The monoisotopic (exact) mass is 209 g/mol. The van der Waals surface area contributed by atoms with Crippen molar-refractivity contribution >= 4 is 0 Å². The molecule has 0 bridgehead atoms. The van der Waals surface area contributed by atoms with Gasteiger partial charge in [-0.25, -0.2) is 0 Å². The number of hydrogen-bond acceptors (Lipinski definition) is 1. The minimum atomic E-state index is -4.05. The minimum absolute atomic E-state index is 0.231. The Morgan fingerprint density at radius 3 is 1.86 bits per heavy atom. The van der Waals surface area contributed by atoms with Gasteiger partial charge in [0, 0.05) is 6.04 Å². The van der Waals surface area contributed by atoms with Crippen LogP contribution in [0.15, 0.2) is 0 Å². The molecule has 1 nitrogen and oxygen atoms in total. The molecular weight excluding hydrogens is 191 g/mol. The molecule has 0 aromatic carbocycles. The molecule has 1 saturated heterocycles. The molecule has 0 aromatic heterocycles. The lowest BCUT2D eigenvalue weighted by Gasteiger charge is -2.41. The summed E-state index contributed by atoms with van der Waals surface area (Å²) < 4.78 is 37.9. The van der Waals surface area contributed by atoms with Crippen molar-refractivity contribution in [3.05, 3.63) is 0 Å². The highest BCUT2D eigenvalue weighted by Crippen LogP contribution is 2.45. The Kier molecular flexibility index (Phi) is 3.14. The molecular formula is C10H18F3N. The number of halogens is 3. The second-order valence-corrected chi connectivity index (χ2v) is 4.69. The first-order chi connectivity index (χ1) is 6.26. The van der Waals surface area contributed by atoms with E-state index in [-0.39, 0.29) is 12.8 Å². The summed E-state index contributed by atoms with van der Waals surface area (Å²) >= 11 is 0. The zero-order valence-corrected chi connectivity index (χ0v) is 8.99. The molecule has 0 spiro atoms. The third-order valence-corrected chi connectivity index (χ3v) is 3.32. The predicted molar refractivity (Wildman–Crippen MR) is 50.1 cm³/mol. The summed E-state index contributed by atoms with van der Waals surface area (Å²) in [6, 6.07) is 0.354. The SMILES string of the molecule is CC(C)N1CCC(C)(C(F)(F)F)CC1. The highest BCUT2D eigenvalue weighted by atomic mass is 19.4. The van der Waals surface area contributed by atoms with Crippen molar-refractivity contribution in [1.29, 1.82) is 0 Å². The van der Waals surface area contributed by atoms with Gasteiger partial charge in [-0.1, -0.05) is 6.92 Å². The summed E-state index contributed by atoms with van der Waals surface area (Å²) in [6.45, 7) is 6.51. The second-order valence-electron chi connectivity index (χ2n) is 4.69. The van der Waals surface area contributed by atoms with Gasteiger partial charge in [-0.05, 0) is 39.8 Å². The number of piperidine rings is 1. The van der Waals surface area contributed by atoms with E-state index in [1.807, 2.05) is 13.8 Å². The molecule has 4 heteroatoms. The summed E-state index contributed by atoms with van der Waals surface area (Å²) in [4.78, 5) is 2.10. The molecule has 14 heavy (non-hydrogen) atoms. The molecule has 1 aliphatic heterocycles. The molecule has 1 heterocycles. The summed E-state index contributed by atoms with van der Waals surface area (Å²) in [5.41, 5.74) is -1.46. The molecule has 1 rings (SSSR count). The van der Waals surface area contributed by atoms with Gasteiger partial charge < -0.3 is 4.90 Å². The normalized spacial score (nSPS) is 24.2. The van der Waals surface area contributed by atoms with Crippen molar-refractivity contribution in [1.82, 2.24) is 4.90 Å². The van der Waals surface area contributed by atoms with Crippen LogP contribution in [-0.2, 0) is 0 Å². The predicted octanol–water partition coefficient (Wildman–Crippen LogP) is 3.06. The van der Waals surface area contributed by atoms with Crippen molar-refractivity contribution in [3.8, 4) is 0 Å². The summed E-state index contributed by atoms with van der Waals surface area (Å²) in [6.07, 6.45) is -3.58. The third-order valence-electron chi connectivity index (χ3n) is 3.32. The van der Waals surface area contributed by atoms with Crippen molar-refractivity contribution in [3.63, 3.8) is 0 Å². The molecule has 0 aliphatic carbocycles. The molecule has 0 saturated carbocycles. The Hall–Kier alpha value is -0.250. The minimum Gasteiger partial charge on any atom is -0.301 e. The first-order valence-corrected chi connectivity index (χ1v) is 5.07. The van der Waals surface area contributed by atoms with Crippen LogP contribution in [0.5, 0.6) is 0 Å². The van der Waals surface area contributed by atoms with E-state index in [1.54, 1.807) is 0 Å². The summed E-state index contributed by atoms with van der Waals surface area (Å²) in [5, 5.41) is 0. The molecule has 0 unspecified atom stereocenters. The van der Waals surface area contributed by atoms with Crippen LogP contribution < -0.4 is 0 Å². The molecule has 0 N–H and O–H groups in total. The molecule has 84 valence electrons. The highest BCUT2D eigenvalue weighted by Gasteiger charge is 2.51. The Labute approximate surface area is 83.3 Å². The van der Waals surface area contributed by atoms with Crippen molar-refractivity contribution in [2.24, 2.45) is 5.41 Å². The Bertz CT molecular complexity index is 190. The number of nitrogens with zero attached hydrogens (tertiary/aromatic N) is 1. The third kappa shape index (κ3) is 2.22. The van der Waals surface area contributed by atoms with E-state index in [0.717, 1.165) is 0 Å². The number of likely N-dealkylation sites (tertiary alicyclic amines) is 1. The van der Waals surface area contributed by atoms with Crippen LogP contribution in [0.4, 0.5) is 13.2 Å². The smallest absolute Gasteiger partial charge is 0.301 e. The lowest BCUT2D eigenvalue weighted by Crippen LogP contribution is -2.48. The molecule has 0 aromatic rings. The largest absolute Gasteiger partial charge is 0.394 e. The quantitative estimate of drug-likeness (QED) is 0.641. The maximum absolute atomic E-state index is 12.6. The Morgan fingerprint density at radius 1 is 1.14 bits per heavy atom. The van der Waals surface area contributed by atoms with Crippen LogP contribution in [0.25, 0.3) is 0 Å². The molecule has 0 amide bonds. The fourth-order valence-corrected chi connectivity index (χ4v) is 1.82. The van der Waals surface area contributed by atoms with Gasteiger partial charge in [0.15, 0.2) is 0 Å². The van der Waals surface area contributed by atoms with Crippen LogP contribution in [0.2, 0.25) is 0 Å². The van der Waals surface area contributed by atoms with Gasteiger partial charge in [0.1, 0.15) is 0 Å². The van der Waals surface area contributed by atoms with Crippen LogP contribution in [0.1, 0.15) is 33.6 Å². The van der Waals surface area contributed by atoms with Gasteiger partial charge in [0.25, 0.3) is 0 Å².